The van der Waals surface area contributed by atoms with Crippen molar-refractivity contribution in [3.63, 3.8) is 0 Å². The van der Waals surface area contributed by atoms with Crippen LogP contribution in [-0.4, -0.2) is 43.2 Å². The van der Waals surface area contributed by atoms with Gasteiger partial charge in [0.25, 0.3) is 0 Å². The molecule has 0 saturated carbocycles. The van der Waals surface area contributed by atoms with Crippen LogP contribution >= 0.6 is 0 Å². The predicted molar refractivity (Wildman–Crippen MR) is 76.9 cm³/mol. The summed E-state index contributed by atoms with van der Waals surface area (Å²) in [5.74, 6) is 1.09. The smallest absolute Gasteiger partial charge is 0.325 e. The van der Waals surface area contributed by atoms with Crippen molar-refractivity contribution in [2.24, 2.45) is 5.73 Å². The van der Waals surface area contributed by atoms with Gasteiger partial charge in [0.2, 0.25) is 0 Å². The van der Waals surface area contributed by atoms with Gasteiger partial charge in [-0.15, -0.1) is 0 Å². The number of carbonyl (C=O) groups excluding carboxylic acids is 1. The summed E-state index contributed by atoms with van der Waals surface area (Å²) in [4.78, 5) is 13.9. The Hall–Kier alpha value is -1.59. The van der Waals surface area contributed by atoms with Crippen molar-refractivity contribution in [2.75, 3.05) is 26.2 Å². The highest BCUT2D eigenvalue weighted by Gasteiger charge is 2.19. The molecule has 0 aliphatic carbocycles. The van der Waals surface area contributed by atoms with Crippen molar-refractivity contribution in [1.82, 2.24) is 4.90 Å². The second kappa shape index (κ2) is 7.26. The Kier molecular flexibility index (Phi) is 5.38. The number of likely N-dealkylation sites (tertiary alicyclic amines) is 1. The molecule has 0 spiro atoms. The zero-order valence-electron chi connectivity index (χ0n) is 11.9. The number of nitrogens with two attached hydrogens (primary N) is 1. The van der Waals surface area contributed by atoms with Crippen molar-refractivity contribution in [3.05, 3.63) is 24.3 Å². The third-order valence-electron chi connectivity index (χ3n) is 3.35. The minimum Gasteiger partial charge on any atom is -0.494 e. The average molecular weight is 278 g/mol. The molecule has 1 aromatic carbocycles. The average Bonchev–Trinajstić information content (AvgIpc) is 2.44. The first kappa shape index (κ1) is 14.8. The molecule has 0 radical (unpaired) electrons. The number of nitrogens with zero attached hydrogens (tertiary/aromatic N) is 1. The van der Waals surface area contributed by atoms with Gasteiger partial charge in [-0.05, 0) is 44.0 Å². The highest BCUT2D eigenvalue weighted by molar-refractivity contribution is 5.74. The van der Waals surface area contributed by atoms with Crippen LogP contribution in [0.15, 0.2) is 24.3 Å². The van der Waals surface area contributed by atoms with Crippen molar-refractivity contribution in [2.45, 2.75) is 25.8 Å². The predicted octanol–water partition coefficient (Wildman–Crippen LogP) is 1.41. The van der Waals surface area contributed by atoms with E-state index >= 15 is 0 Å². The Bertz CT molecular complexity index is 425. The van der Waals surface area contributed by atoms with E-state index < -0.39 is 0 Å². The molecule has 1 aliphatic rings. The van der Waals surface area contributed by atoms with Crippen LogP contribution in [0.2, 0.25) is 0 Å². The Morgan fingerprint density at radius 1 is 1.25 bits per heavy atom. The van der Waals surface area contributed by atoms with E-state index in [1.165, 1.54) is 0 Å². The fourth-order valence-corrected chi connectivity index (χ4v) is 2.23. The van der Waals surface area contributed by atoms with Crippen LogP contribution in [-0.2, 0) is 4.79 Å². The highest BCUT2D eigenvalue weighted by Crippen LogP contribution is 2.18. The van der Waals surface area contributed by atoms with Gasteiger partial charge in [0, 0.05) is 19.1 Å². The van der Waals surface area contributed by atoms with Crippen LogP contribution in [0.25, 0.3) is 0 Å². The third-order valence-corrected chi connectivity index (χ3v) is 3.35. The molecule has 1 saturated heterocycles. The molecule has 0 amide bonds. The number of piperidine rings is 1. The lowest BCUT2D eigenvalue weighted by Gasteiger charge is -2.28. The van der Waals surface area contributed by atoms with Crippen LogP contribution in [0.5, 0.6) is 11.5 Å². The molecule has 0 unspecified atom stereocenters. The summed E-state index contributed by atoms with van der Waals surface area (Å²) in [7, 11) is 0. The molecule has 0 atom stereocenters. The fraction of sp³-hybridized carbons (Fsp3) is 0.533. The van der Waals surface area contributed by atoms with Gasteiger partial charge >= 0.3 is 5.97 Å². The number of ether oxygens (including phenoxy) is 2. The maximum atomic E-state index is 11.8. The summed E-state index contributed by atoms with van der Waals surface area (Å²) in [6, 6.07) is 7.36. The van der Waals surface area contributed by atoms with E-state index in [4.69, 9.17) is 15.2 Å². The van der Waals surface area contributed by atoms with Gasteiger partial charge in [0.15, 0.2) is 0 Å². The SMILES string of the molecule is CCOc1ccc(OC(=O)CN2CCC(N)CC2)cc1. The first-order valence-electron chi connectivity index (χ1n) is 7.09. The van der Waals surface area contributed by atoms with Crippen LogP contribution in [0, 0.1) is 0 Å². The molecule has 1 heterocycles. The molecule has 1 fully saturated rings. The summed E-state index contributed by atoms with van der Waals surface area (Å²) in [5.41, 5.74) is 5.84. The number of esters is 1. The Balaban J connectivity index is 1.79. The topological polar surface area (TPSA) is 64.8 Å². The van der Waals surface area contributed by atoms with Crippen LogP contribution in [0.4, 0.5) is 0 Å². The van der Waals surface area contributed by atoms with Gasteiger partial charge in [0.1, 0.15) is 11.5 Å². The van der Waals surface area contributed by atoms with Crippen LogP contribution in [0.3, 0.4) is 0 Å². The van der Waals surface area contributed by atoms with Gasteiger partial charge in [-0.25, -0.2) is 0 Å². The van der Waals surface area contributed by atoms with Gasteiger partial charge in [-0.2, -0.15) is 0 Å². The maximum absolute atomic E-state index is 11.8. The molecule has 2 rings (SSSR count). The second-order valence-electron chi connectivity index (χ2n) is 4.99. The van der Waals surface area contributed by atoms with Gasteiger partial charge in [-0.1, -0.05) is 0 Å². The monoisotopic (exact) mass is 278 g/mol. The van der Waals surface area contributed by atoms with Crippen molar-refractivity contribution in [3.8, 4) is 11.5 Å². The van der Waals surface area contributed by atoms with E-state index in [0.29, 0.717) is 18.9 Å². The molecule has 0 aromatic heterocycles. The normalized spacial score (nSPS) is 16.9. The fourth-order valence-electron chi connectivity index (χ4n) is 2.23. The molecule has 2 N–H and O–H groups in total. The number of hydrogen-bond donors (Lipinski definition) is 1. The molecule has 1 aromatic rings. The lowest BCUT2D eigenvalue weighted by Crippen LogP contribution is -2.42. The van der Waals surface area contributed by atoms with Crippen molar-refractivity contribution in [1.29, 1.82) is 0 Å². The van der Waals surface area contributed by atoms with E-state index in [1.54, 1.807) is 24.3 Å². The summed E-state index contributed by atoms with van der Waals surface area (Å²) in [6.07, 6.45) is 1.88. The Morgan fingerprint density at radius 3 is 2.45 bits per heavy atom. The highest BCUT2D eigenvalue weighted by atomic mass is 16.5. The number of benzene rings is 1. The second-order valence-corrected chi connectivity index (χ2v) is 4.99. The van der Waals surface area contributed by atoms with Crippen LogP contribution < -0.4 is 15.2 Å². The molecule has 1 aliphatic heterocycles. The largest absolute Gasteiger partial charge is 0.494 e. The van der Waals surface area contributed by atoms with E-state index in [0.717, 1.165) is 31.7 Å². The van der Waals surface area contributed by atoms with Gasteiger partial charge in [-0.3, -0.25) is 9.69 Å². The zero-order chi connectivity index (χ0) is 14.4. The van der Waals surface area contributed by atoms with Crippen LogP contribution in [0.1, 0.15) is 19.8 Å². The van der Waals surface area contributed by atoms with Crippen molar-refractivity contribution < 1.29 is 14.3 Å². The molecule has 110 valence electrons. The zero-order valence-corrected chi connectivity index (χ0v) is 11.9. The van der Waals surface area contributed by atoms with Crippen molar-refractivity contribution >= 4 is 5.97 Å². The third kappa shape index (κ3) is 4.51. The van der Waals surface area contributed by atoms with E-state index in [9.17, 15) is 4.79 Å². The lowest BCUT2D eigenvalue weighted by atomic mass is 10.1. The van der Waals surface area contributed by atoms with E-state index in [-0.39, 0.29) is 12.0 Å². The quantitative estimate of drug-likeness (QED) is 0.652. The van der Waals surface area contributed by atoms with Gasteiger partial charge in [0.05, 0.1) is 13.2 Å². The first-order valence-corrected chi connectivity index (χ1v) is 7.09. The summed E-state index contributed by atoms with van der Waals surface area (Å²) in [6.45, 7) is 4.59. The molecule has 5 nitrogen and oxygen atoms in total. The van der Waals surface area contributed by atoms with Gasteiger partial charge < -0.3 is 15.2 Å². The molecule has 5 heteroatoms. The number of hydrogen-bond acceptors (Lipinski definition) is 5. The summed E-state index contributed by atoms with van der Waals surface area (Å²) >= 11 is 0. The van der Waals surface area contributed by atoms with E-state index in [1.807, 2.05) is 6.92 Å². The number of carbonyl (C=O) groups is 1. The Labute approximate surface area is 119 Å². The molecule has 0 bridgehead atoms. The summed E-state index contributed by atoms with van der Waals surface area (Å²) in [5, 5.41) is 0. The van der Waals surface area contributed by atoms with E-state index in [2.05, 4.69) is 4.90 Å². The standard InChI is InChI=1S/C15H22N2O3/c1-2-19-13-3-5-14(6-4-13)20-15(18)11-17-9-7-12(16)8-10-17/h3-6,12H,2,7-11,16H2,1H3. The number of rotatable bonds is 5. The molecular weight excluding hydrogens is 256 g/mol. The minimum atomic E-state index is -0.232. The molecular formula is C15H22N2O3. The molecule has 20 heavy (non-hydrogen) atoms. The summed E-state index contributed by atoms with van der Waals surface area (Å²) < 4.78 is 10.6. The Morgan fingerprint density at radius 2 is 1.85 bits per heavy atom. The maximum Gasteiger partial charge on any atom is 0.325 e. The first-order chi connectivity index (χ1) is 9.67. The minimum absolute atomic E-state index is 0.232. The lowest BCUT2D eigenvalue weighted by molar-refractivity contribution is -0.135.